The predicted octanol–water partition coefficient (Wildman–Crippen LogP) is 3.65. The first-order valence-corrected chi connectivity index (χ1v) is 12.7. The number of amides is 1. The largest absolute Gasteiger partial charge is 0.474 e. The standard InChI is InChI=1S/C28H27F2N7O2/c1-15-18(14-37(35-15)27-32-9-4-10-33-27)26(38)36-12-19-20(13-36)25(19)39-22-11-21(28(2,3)31)23(30)24(34-22)16-5-7-17(29)8-6-16/h4-11,14,19-20,25H,12-13,31H2,1-3H3/t19-,20+,25?. The van der Waals surface area contributed by atoms with Crippen molar-refractivity contribution in [3.8, 4) is 23.1 Å². The van der Waals surface area contributed by atoms with E-state index < -0.39 is 17.2 Å². The van der Waals surface area contributed by atoms with Crippen LogP contribution in [0.25, 0.3) is 17.2 Å². The van der Waals surface area contributed by atoms with Crippen molar-refractivity contribution in [3.05, 3.63) is 83.4 Å². The average Bonchev–Trinajstić information content (AvgIpc) is 3.22. The van der Waals surface area contributed by atoms with Crippen molar-refractivity contribution in [1.82, 2.24) is 29.6 Å². The first-order valence-electron chi connectivity index (χ1n) is 12.7. The molecule has 1 saturated heterocycles. The monoisotopic (exact) mass is 531 g/mol. The maximum Gasteiger partial charge on any atom is 0.257 e. The number of hydrogen-bond acceptors (Lipinski definition) is 7. The van der Waals surface area contributed by atoms with Gasteiger partial charge in [-0.15, -0.1) is 0 Å². The van der Waals surface area contributed by atoms with Gasteiger partial charge in [0.05, 0.1) is 11.3 Å². The van der Waals surface area contributed by atoms with Crippen molar-refractivity contribution in [2.24, 2.45) is 17.6 Å². The predicted molar refractivity (Wildman–Crippen MR) is 138 cm³/mol. The number of aryl methyl sites for hydroxylation is 1. The highest BCUT2D eigenvalue weighted by Crippen LogP contribution is 2.48. The number of carbonyl (C=O) groups excluding carboxylic acids is 1. The van der Waals surface area contributed by atoms with Crippen LogP contribution < -0.4 is 10.5 Å². The molecule has 0 radical (unpaired) electrons. The first-order chi connectivity index (χ1) is 18.6. The number of nitrogens with zero attached hydrogens (tertiary/aromatic N) is 6. The molecule has 11 heteroatoms. The molecule has 1 amide bonds. The van der Waals surface area contributed by atoms with Crippen molar-refractivity contribution in [1.29, 1.82) is 0 Å². The zero-order valence-corrected chi connectivity index (χ0v) is 21.7. The minimum atomic E-state index is -0.990. The third-order valence-electron chi connectivity index (χ3n) is 7.29. The van der Waals surface area contributed by atoms with Gasteiger partial charge in [-0.3, -0.25) is 4.79 Å². The van der Waals surface area contributed by atoms with E-state index in [1.54, 1.807) is 50.3 Å². The summed E-state index contributed by atoms with van der Waals surface area (Å²) in [5, 5.41) is 4.40. The van der Waals surface area contributed by atoms with Crippen molar-refractivity contribution in [2.45, 2.75) is 32.4 Å². The molecule has 1 aliphatic heterocycles. The third-order valence-corrected chi connectivity index (χ3v) is 7.29. The topological polar surface area (TPSA) is 112 Å². The molecule has 0 spiro atoms. The summed E-state index contributed by atoms with van der Waals surface area (Å²) < 4.78 is 36.6. The molecule has 2 aliphatic rings. The van der Waals surface area contributed by atoms with Crippen LogP contribution in [0.5, 0.6) is 5.88 Å². The molecule has 3 aromatic heterocycles. The van der Waals surface area contributed by atoms with Crippen LogP contribution in [0, 0.1) is 30.4 Å². The van der Waals surface area contributed by atoms with Gasteiger partial charge in [-0.05, 0) is 51.1 Å². The normalized spacial score (nSPS) is 20.2. The van der Waals surface area contributed by atoms with E-state index in [9.17, 15) is 9.18 Å². The highest BCUT2D eigenvalue weighted by molar-refractivity contribution is 5.95. The Hall–Kier alpha value is -4.25. The molecule has 4 aromatic rings. The number of benzene rings is 1. The lowest BCUT2D eigenvalue weighted by atomic mass is 9.94. The summed E-state index contributed by atoms with van der Waals surface area (Å²) in [7, 11) is 0. The summed E-state index contributed by atoms with van der Waals surface area (Å²) in [6, 6.07) is 8.70. The fourth-order valence-electron chi connectivity index (χ4n) is 5.14. The average molecular weight is 532 g/mol. The molecule has 9 nitrogen and oxygen atoms in total. The fourth-order valence-corrected chi connectivity index (χ4v) is 5.14. The minimum Gasteiger partial charge on any atom is -0.474 e. The van der Waals surface area contributed by atoms with Gasteiger partial charge in [0.15, 0.2) is 5.82 Å². The lowest BCUT2D eigenvalue weighted by molar-refractivity contribution is 0.0750. The van der Waals surface area contributed by atoms with E-state index in [0.717, 1.165) is 0 Å². The number of pyridine rings is 1. The number of ether oxygens (including phenoxy) is 1. The van der Waals surface area contributed by atoms with E-state index in [-0.39, 0.29) is 41.0 Å². The number of piperidine rings is 1. The maximum absolute atomic E-state index is 15.4. The second kappa shape index (κ2) is 9.19. The molecule has 1 unspecified atom stereocenters. The Morgan fingerprint density at radius 1 is 1.10 bits per heavy atom. The Balaban J connectivity index is 1.18. The second-order valence-electron chi connectivity index (χ2n) is 10.6. The van der Waals surface area contributed by atoms with Crippen molar-refractivity contribution in [2.75, 3.05) is 13.1 Å². The maximum atomic E-state index is 15.4. The van der Waals surface area contributed by atoms with Crippen LogP contribution in [0.1, 0.15) is 35.5 Å². The quantitative estimate of drug-likeness (QED) is 0.404. The van der Waals surface area contributed by atoms with Gasteiger partial charge in [0.25, 0.3) is 5.91 Å². The van der Waals surface area contributed by atoms with Crippen LogP contribution in [0.2, 0.25) is 0 Å². The number of rotatable bonds is 6. The number of hydrogen-bond donors (Lipinski definition) is 1. The highest BCUT2D eigenvalue weighted by Gasteiger charge is 2.59. The number of fused-ring (bicyclic) bond motifs is 1. The van der Waals surface area contributed by atoms with Gasteiger partial charge in [0.1, 0.15) is 17.6 Å². The van der Waals surface area contributed by atoms with Gasteiger partial charge < -0.3 is 15.4 Å². The first kappa shape index (κ1) is 25.1. The molecule has 200 valence electrons. The number of likely N-dealkylation sites (tertiary alicyclic amines) is 1. The third kappa shape index (κ3) is 4.63. The van der Waals surface area contributed by atoms with Crippen LogP contribution in [0.4, 0.5) is 8.78 Å². The minimum absolute atomic E-state index is 0.0542. The number of carbonyl (C=O) groups is 1. The van der Waals surface area contributed by atoms with Crippen molar-refractivity contribution in [3.63, 3.8) is 0 Å². The zero-order chi connectivity index (χ0) is 27.5. The summed E-state index contributed by atoms with van der Waals surface area (Å²) in [5.41, 5.74) is 7.09. The Kier molecular flexibility index (Phi) is 5.91. The van der Waals surface area contributed by atoms with Gasteiger partial charge in [-0.1, -0.05) is 0 Å². The Labute approximate surface area is 223 Å². The number of aromatic nitrogens is 5. The summed E-state index contributed by atoms with van der Waals surface area (Å²) in [6.45, 7) is 6.24. The molecule has 4 heterocycles. The van der Waals surface area contributed by atoms with E-state index >= 15 is 4.39 Å². The fraction of sp³-hybridized carbons (Fsp3) is 0.321. The molecule has 39 heavy (non-hydrogen) atoms. The lowest BCUT2D eigenvalue weighted by Gasteiger charge is -2.23. The molecule has 0 bridgehead atoms. The molecular formula is C28H27F2N7O2. The van der Waals surface area contributed by atoms with Gasteiger partial charge in [-0.25, -0.2) is 28.4 Å². The highest BCUT2D eigenvalue weighted by atomic mass is 19.1. The van der Waals surface area contributed by atoms with E-state index in [2.05, 4.69) is 20.1 Å². The summed E-state index contributed by atoms with van der Waals surface area (Å²) in [4.78, 5) is 27.8. The summed E-state index contributed by atoms with van der Waals surface area (Å²) in [6.07, 6.45) is 4.74. The smallest absolute Gasteiger partial charge is 0.257 e. The molecule has 3 atom stereocenters. The molecular weight excluding hydrogens is 504 g/mol. The van der Waals surface area contributed by atoms with Crippen molar-refractivity contribution < 1.29 is 18.3 Å². The number of nitrogens with two attached hydrogens (primary N) is 1. The SMILES string of the molecule is Cc1nn(-c2ncccn2)cc1C(=O)N1C[C@@H]2C(Oc3cc(C(C)(C)N)c(F)c(-c4ccc(F)cc4)n3)[C@@H]2C1. The summed E-state index contributed by atoms with van der Waals surface area (Å²) >= 11 is 0. The molecule has 2 fully saturated rings. The van der Waals surface area contributed by atoms with Gasteiger partial charge in [0.2, 0.25) is 11.8 Å². The van der Waals surface area contributed by atoms with E-state index in [1.807, 2.05) is 0 Å². The summed E-state index contributed by atoms with van der Waals surface area (Å²) in [5.74, 6) is -0.177. The van der Waals surface area contributed by atoms with E-state index in [1.165, 1.54) is 35.0 Å². The molecule has 1 aliphatic carbocycles. The second-order valence-corrected chi connectivity index (χ2v) is 10.6. The van der Waals surface area contributed by atoms with Gasteiger partial charge in [0, 0.05) is 66.2 Å². The Bertz CT molecular complexity index is 1540. The van der Waals surface area contributed by atoms with E-state index in [4.69, 9.17) is 10.5 Å². The van der Waals surface area contributed by atoms with Gasteiger partial charge >= 0.3 is 0 Å². The Morgan fingerprint density at radius 2 is 1.77 bits per heavy atom. The molecule has 1 aromatic carbocycles. The zero-order valence-electron chi connectivity index (χ0n) is 21.7. The van der Waals surface area contributed by atoms with Gasteiger partial charge in [-0.2, -0.15) is 5.10 Å². The number of halogens is 2. The Morgan fingerprint density at radius 3 is 2.41 bits per heavy atom. The molecule has 2 N–H and O–H groups in total. The molecule has 6 rings (SSSR count). The van der Waals surface area contributed by atoms with Crippen LogP contribution in [-0.4, -0.2) is 54.7 Å². The van der Waals surface area contributed by atoms with Crippen molar-refractivity contribution >= 4 is 5.91 Å². The lowest BCUT2D eigenvalue weighted by Crippen LogP contribution is -2.33. The van der Waals surface area contributed by atoms with Crippen LogP contribution in [-0.2, 0) is 5.54 Å². The van der Waals surface area contributed by atoms with Crippen LogP contribution in [0.15, 0.2) is 55.0 Å². The molecule has 1 saturated carbocycles. The van der Waals surface area contributed by atoms with Crippen LogP contribution in [0.3, 0.4) is 0 Å². The van der Waals surface area contributed by atoms with Crippen LogP contribution >= 0.6 is 0 Å². The van der Waals surface area contributed by atoms with E-state index in [0.29, 0.717) is 35.9 Å².